The summed E-state index contributed by atoms with van der Waals surface area (Å²) in [5, 5.41) is 0. The highest BCUT2D eigenvalue weighted by atomic mass is 32.8. The first kappa shape index (κ1) is 12.2. The Morgan fingerprint density at radius 3 is 2.00 bits per heavy atom. The van der Waals surface area contributed by atoms with Crippen molar-refractivity contribution in [3.63, 3.8) is 0 Å². The summed E-state index contributed by atoms with van der Waals surface area (Å²) in [7, 11) is -2.29. The third kappa shape index (κ3) is 7.58. The molecule has 72 valence electrons. The molecule has 3 nitrogen and oxygen atoms in total. The van der Waals surface area contributed by atoms with Crippen molar-refractivity contribution >= 4 is 26.6 Å². The average Bonchev–Trinajstić information content (AvgIpc) is 2.05. The number of hydrogen-bond donors (Lipinski definition) is 2. The summed E-state index contributed by atoms with van der Waals surface area (Å²) in [5.74, 6) is 0.121. The van der Waals surface area contributed by atoms with Crippen LogP contribution in [-0.4, -0.2) is 14.5 Å². The van der Waals surface area contributed by atoms with E-state index in [4.69, 9.17) is 8.76 Å². The minimum atomic E-state index is -2.29. The number of ketones is 1. The molecule has 0 amide bonds. The molecule has 0 spiro atoms. The molecule has 0 saturated carbocycles. The average molecular weight is 218 g/mol. The third-order valence-electron chi connectivity index (χ3n) is 1.18. The molecular formula is C8H10O3S2. The lowest BCUT2D eigenvalue weighted by Crippen LogP contribution is -1.88. The van der Waals surface area contributed by atoms with Crippen molar-refractivity contribution in [3.05, 3.63) is 35.9 Å². The largest absolute Gasteiger partial charge is 0.308 e. The fourth-order valence-corrected chi connectivity index (χ4v) is 0.673. The molecule has 0 radical (unpaired) electrons. The second kappa shape index (κ2) is 6.71. The quantitative estimate of drug-likeness (QED) is 0.551. The van der Waals surface area contributed by atoms with Crippen molar-refractivity contribution < 1.29 is 13.6 Å². The van der Waals surface area contributed by atoms with Crippen LogP contribution in [-0.2, 0) is 20.8 Å². The molecule has 13 heavy (non-hydrogen) atoms. The highest BCUT2D eigenvalue weighted by Crippen LogP contribution is 1.97. The zero-order chi connectivity index (χ0) is 10.3. The van der Waals surface area contributed by atoms with Crippen molar-refractivity contribution in [1.29, 1.82) is 0 Å². The Morgan fingerprint density at radius 1 is 1.38 bits per heavy atom. The first-order chi connectivity index (χ1) is 6.04. The van der Waals surface area contributed by atoms with Gasteiger partial charge in [0.1, 0.15) is 9.64 Å². The third-order valence-corrected chi connectivity index (χ3v) is 1.18. The summed E-state index contributed by atoms with van der Waals surface area (Å²) in [6, 6.07) is 9.23. The molecule has 0 saturated heterocycles. The van der Waals surface area contributed by atoms with Gasteiger partial charge in [0.05, 0.1) is 0 Å². The molecule has 1 atom stereocenters. The van der Waals surface area contributed by atoms with Gasteiger partial charge in [0.2, 0.25) is 0 Å². The van der Waals surface area contributed by atoms with E-state index in [2.05, 4.69) is 11.2 Å². The molecular weight excluding hydrogens is 208 g/mol. The number of carbonyl (C=O) groups is 1. The fraction of sp³-hybridized carbons (Fsp3) is 0.125. The van der Waals surface area contributed by atoms with E-state index in [1.807, 2.05) is 30.3 Å². The first-order valence-electron chi connectivity index (χ1n) is 3.43. The van der Waals surface area contributed by atoms with E-state index < -0.39 is 9.64 Å². The van der Waals surface area contributed by atoms with E-state index >= 15 is 0 Å². The summed E-state index contributed by atoms with van der Waals surface area (Å²) in [5.41, 5.74) is 0.775. The van der Waals surface area contributed by atoms with Crippen LogP contribution in [0.25, 0.3) is 0 Å². The maximum absolute atomic E-state index is 10.6. The number of Topliss-reactive ketones (excluding diaryl/α,β-unsaturated/α-hetero) is 1. The topological polar surface area (TPSA) is 54.4 Å². The van der Waals surface area contributed by atoms with E-state index in [1.165, 1.54) is 0 Å². The van der Waals surface area contributed by atoms with Crippen LogP contribution in [0.4, 0.5) is 0 Å². The summed E-state index contributed by atoms with van der Waals surface area (Å²) < 4.78 is 16.3. The van der Waals surface area contributed by atoms with Crippen molar-refractivity contribution in [2.45, 2.75) is 6.92 Å². The molecule has 0 aromatic heterocycles. The molecule has 1 rings (SSSR count). The second-order valence-corrected chi connectivity index (χ2v) is 3.57. The van der Waals surface area contributed by atoms with E-state index in [1.54, 1.807) is 6.92 Å². The van der Waals surface area contributed by atoms with Gasteiger partial charge in [-0.05, 0) is 6.92 Å². The second-order valence-electron chi connectivity index (χ2n) is 2.16. The standard InChI is InChI=1S/C8H8O.H2O2S2/c1-7(9)8-5-3-2-4-6-8;1-4(2)3/h2-6H,1H3;4H,(H,1,2,3). The predicted octanol–water partition coefficient (Wildman–Crippen LogP) is 1.29. The lowest BCUT2D eigenvalue weighted by Gasteiger charge is -1.89. The SMILES string of the molecule is CC(=O)c1ccccc1.O=[SH](O)=S. The minimum Gasteiger partial charge on any atom is -0.308 e. The number of hydrogen-bond acceptors (Lipinski definition) is 3. The smallest absolute Gasteiger partial charge is 0.159 e. The normalized spacial score (nSPS) is 10.9. The van der Waals surface area contributed by atoms with Gasteiger partial charge in [-0.25, -0.2) is 4.21 Å². The van der Waals surface area contributed by atoms with Gasteiger partial charge >= 0.3 is 0 Å². The van der Waals surface area contributed by atoms with Gasteiger partial charge in [-0.1, -0.05) is 30.3 Å². The van der Waals surface area contributed by atoms with E-state index in [0.717, 1.165) is 5.56 Å². The van der Waals surface area contributed by atoms with Gasteiger partial charge in [-0.3, -0.25) is 4.79 Å². The molecule has 1 N–H and O–H groups in total. The molecule has 0 bridgehead atoms. The summed E-state index contributed by atoms with van der Waals surface area (Å²) in [6.45, 7) is 1.56. The van der Waals surface area contributed by atoms with Crippen LogP contribution in [0.3, 0.4) is 0 Å². The van der Waals surface area contributed by atoms with Crippen LogP contribution < -0.4 is 0 Å². The highest BCUT2D eigenvalue weighted by molar-refractivity contribution is 8.18. The van der Waals surface area contributed by atoms with Gasteiger partial charge in [-0.15, -0.1) is 0 Å². The number of carbonyl (C=O) groups excluding carboxylic acids is 1. The lowest BCUT2D eigenvalue weighted by atomic mass is 10.2. The van der Waals surface area contributed by atoms with Crippen molar-refractivity contribution in [3.8, 4) is 0 Å². The van der Waals surface area contributed by atoms with Crippen molar-refractivity contribution in [2.24, 2.45) is 0 Å². The van der Waals surface area contributed by atoms with Crippen LogP contribution in [0.2, 0.25) is 0 Å². The zero-order valence-corrected chi connectivity index (χ0v) is 8.72. The first-order valence-corrected chi connectivity index (χ1v) is 5.66. The van der Waals surface area contributed by atoms with Gasteiger partial charge < -0.3 is 4.55 Å². The summed E-state index contributed by atoms with van der Waals surface area (Å²) in [4.78, 5) is 10.6. The zero-order valence-electron chi connectivity index (χ0n) is 7.01. The molecule has 0 aliphatic carbocycles. The Kier molecular flexibility index (Phi) is 6.30. The molecule has 0 heterocycles. The summed E-state index contributed by atoms with van der Waals surface area (Å²) in [6.07, 6.45) is 0. The van der Waals surface area contributed by atoms with Crippen LogP contribution in [0.5, 0.6) is 0 Å². The molecule has 0 fully saturated rings. The summed E-state index contributed by atoms with van der Waals surface area (Å²) >= 11 is 3.69. The number of benzene rings is 1. The molecule has 1 unspecified atom stereocenters. The molecule has 1 aromatic rings. The van der Waals surface area contributed by atoms with Gasteiger partial charge in [-0.2, -0.15) is 0 Å². The highest BCUT2D eigenvalue weighted by Gasteiger charge is 1.92. The Bertz CT molecular complexity index is 323. The predicted molar refractivity (Wildman–Crippen MR) is 56.0 cm³/mol. The van der Waals surface area contributed by atoms with E-state index in [9.17, 15) is 4.79 Å². The Hall–Kier alpha value is -0.780. The van der Waals surface area contributed by atoms with Crippen molar-refractivity contribution in [2.75, 3.05) is 0 Å². The lowest BCUT2D eigenvalue weighted by molar-refractivity contribution is 0.101. The Balaban J connectivity index is 0.000000310. The molecule has 1 aromatic carbocycles. The Labute approximate surface area is 83.3 Å². The number of rotatable bonds is 1. The number of thiol groups is 1. The molecule has 0 aliphatic heterocycles. The fourth-order valence-electron chi connectivity index (χ4n) is 0.673. The van der Waals surface area contributed by atoms with Gasteiger partial charge in [0, 0.05) is 16.8 Å². The Morgan fingerprint density at radius 2 is 1.77 bits per heavy atom. The van der Waals surface area contributed by atoms with Gasteiger partial charge in [0.15, 0.2) is 5.78 Å². The maximum atomic E-state index is 10.6. The minimum absolute atomic E-state index is 0.121. The van der Waals surface area contributed by atoms with Gasteiger partial charge in [0.25, 0.3) is 0 Å². The molecule has 0 aliphatic rings. The maximum Gasteiger partial charge on any atom is 0.159 e. The van der Waals surface area contributed by atoms with Crippen molar-refractivity contribution in [1.82, 2.24) is 0 Å². The monoisotopic (exact) mass is 218 g/mol. The van der Waals surface area contributed by atoms with Crippen LogP contribution >= 0.6 is 0 Å². The van der Waals surface area contributed by atoms with E-state index in [0.29, 0.717) is 0 Å². The van der Waals surface area contributed by atoms with E-state index in [-0.39, 0.29) is 5.78 Å². The van der Waals surface area contributed by atoms with Crippen LogP contribution in [0.15, 0.2) is 30.3 Å². The molecule has 5 heteroatoms. The van der Waals surface area contributed by atoms with Crippen LogP contribution in [0, 0.1) is 0 Å². The van der Waals surface area contributed by atoms with Crippen LogP contribution in [0.1, 0.15) is 17.3 Å².